The smallest absolute Gasteiger partial charge is 0.274 e. The van der Waals surface area contributed by atoms with Gasteiger partial charge in [-0.2, -0.15) is 5.26 Å². The van der Waals surface area contributed by atoms with Crippen molar-refractivity contribution in [3.8, 4) is 17.2 Å². The zero-order valence-corrected chi connectivity index (χ0v) is 24.0. The van der Waals surface area contributed by atoms with Crippen LogP contribution in [0.25, 0.3) is 11.1 Å². The van der Waals surface area contributed by atoms with Crippen LogP contribution in [0.1, 0.15) is 22.8 Å². The van der Waals surface area contributed by atoms with Gasteiger partial charge >= 0.3 is 0 Å². The molecule has 0 atom stereocenters. The second kappa shape index (κ2) is 12.9. The van der Waals surface area contributed by atoms with Gasteiger partial charge in [-0.25, -0.2) is 4.98 Å². The van der Waals surface area contributed by atoms with Gasteiger partial charge in [0, 0.05) is 80.6 Å². The maximum atomic E-state index is 13.1. The quantitative estimate of drug-likeness (QED) is 0.235. The van der Waals surface area contributed by atoms with Crippen LogP contribution in [0, 0.1) is 11.3 Å². The number of hydrogen-bond acceptors (Lipinski definition) is 10. The number of carbonyl (C=O) groups is 1. The van der Waals surface area contributed by atoms with Gasteiger partial charge in [-0.15, -0.1) is 0 Å². The van der Waals surface area contributed by atoms with Crippen molar-refractivity contribution in [1.82, 2.24) is 19.8 Å². The first-order chi connectivity index (χ1) is 20.4. The fourth-order valence-corrected chi connectivity index (χ4v) is 5.28. The highest BCUT2D eigenvalue weighted by molar-refractivity contribution is 5.97. The summed E-state index contributed by atoms with van der Waals surface area (Å²) in [6, 6.07) is 11.7. The molecular weight excluding hydrogens is 532 g/mol. The first kappa shape index (κ1) is 28.9. The van der Waals surface area contributed by atoms with Gasteiger partial charge in [0.05, 0.1) is 42.8 Å². The second-order valence-electron chi connectivity index (χ2n) is 10.6. The van der Waals surface area contributed by atoms with E-state index in [0.29, 0.717) is 52.9 Å². The number of carbonyl (C=O) groups excluding carboxylic acids is 1. The maximum absolute atomic E-state index is 13.1. The predicted octanol–water partition coefficient (Wildman–Crippen LogP) is 2.93. The number of rotatable bonds is 11. The van der Waals surface area contributed by atoms with E-state index in [4.69, 9.17) is 4.74 Å². The number of piperazine rings is 1. The van der Waals surface area contributed by atoms with Gasteiger partial charge in [0.1, 0.15) is 11.5 Å². The SMILES string of the molecule is C=C(C)NCCNc1ccc(C#N)c(-c2cc(Nc3ccc(N4CCN(C5COC5)CC4)cn3)c(=O)n(C)c2)c1C=O. The van der Waals surface area contributed by atoms with Gasteiger partial charge in [-0.3, -0.25) is 14.5 Å². The minimum Gasteiger partial charge on any atom is -0.387 e. The Hall–Kier alpha value is -4.66. The topological polar surface area (TPSA) is 128 Å². The Morgan fingerprint density at radius 2 is 1.95 bits per heavy atom. The zero-order chi connectivity index (χ0) is 29.6. The molecule has 4 heterocycles. The number of aldehydes is 1. The van der Waals surface area contributed by atoms with Crippen LogP contribution in [0.3, 0.4) is 0 Å². The maximum Gasteiger partial charge on any atom is 0.274 e. The highest BCUT2D eigenvalue weighted by Gasteiger charge is 2.29. The van der Waals surface area contributed by atoms with Crippen LogP contribution >= 0.6 is 0 Å². The number of benzene rings is 1. The van der Waals surface area contributed by atoms with Gasteiger partial charge in [0.2, 0.25) is 0 Å². The molecule has 1 aromatic carbocycles. The molecule has 42 heavy (non-hydrogen) atoms. The summed E-state index contributed by atoms with van der Waals surface area (Å²) in [5.74, 6) is 0.523. The number of allylic oxidation sites excluding steroid dienone is 1. The average molecular weight is 569 g/mol. The number of anilines is 4. The van der Waals surface area contributed by atoms with Crippen molar-refractivity contribution < 1.29 is 9.53 Å². The summed E-state index contributed by atoms with van der Waals surface area (Å²) in [6.07, 6.45) is 4.19. The van der Waals surface area contributed by atoms with Gasteiger partial charge in [-0.05, 0) is 37.3 Å². The van der Waals surface area contributed by atoms with Gasteiger partial charge < -0.3 is 30.2 Å². The van der Waals surface area contributed by atoms with Crippen molar-refractivity contribution in [2.75, 3.05) is 68.0 Å². The largest absolute Gasteiger partial charge is 0.387 e. The molecule has 2 saturated heterocycles. The lowest BCUT2D eigenvalue weighted by Crippen LogP contribution is -2.56. The van der Waals surface area contributed by atoms with E-state index in [9.17, 15) is 14.9 Å². The third-order valence-corrected chi connectivity index (χ3v) is 7.65. The van der Waals surface area contributed by atoms with Crippen LogP contribution in [-0.4, -0.2) is 79.3 Å². The number of hydrogen-bond donors (Lipinski definition) is 3. The van der Waals surface area contributed by atoms with Crippen LogP contribution in [-0.2, 0) is 11.8 Å². The molecule has 11 nitrogen and oxygen atoms in total. The van der Waals surface area contributed by atoms with Crippen molar-refractivity contribution in [2.45, 2.75) is 13.0 Å². The van der Waals surface area contributed by atoms with Crippen molar-refractivity contribution in [1.29, 1.82) is 5.26 Å². The van der Waals surface area contributed by atoms with E-state index < -0.39 is 0 Å². The molecule has 2 aliphatic rings. The van der Waals surface area contributed by atoms with E-state index in [0.717, 1.165) is 57.1 Å². The monoisotopic (exact) mass is 568 g/mol. The summed E-state index contributed by atoms with van der Waals surface area (Å²) in [4.78, 5) is 34.8. The molecule has 2 aliphatic heterocycles. The molecule has 5 rings (SSSR count). The molecule has 3 N–H and O–H groups in total. The molecule has 0 aliphatic carbocycles. The minimum atomic E-state index is -0.257. The molecule has 0 radical (unpaired) electrons. The van der Waals surface area contributed by atoms with E-state index in [-0.39, 0.29) is 11.2 Å². The second-order valence-corrected chi connectivity index (χ2v) is 10.6. The normalized spacial score (nSPS) is 15.4. The van der Waals surface area contributed by atoms with Crippen molar-refractivity contribution >= 4 is 29.2 Å². The minimum absolute atomic E-state index is 0.257. The summed E-state index contributed by atoms with van der Waals surface area (Å²) in [7, 11) is 1.64. The lowest BCUT2D eigenvalue weighted by atomic mass is 9.94. The van der Waals surface area contributed by atoms with Crippen molar-refractivity contribution in [3.05, 3.63) is 76.5 Å². The number of nitrogens with one attached hydrogen (secondary N) is 3. The van der Waals surface area contributed by atoms with Gasteiger partial charge in [-0.1, -0.05) is 6.58 Å². The highest BCUT2D eigenvalue weighted by atomic mass is 16.5. The molecule has 2 aromatic heterocycles. The summed E-state index contributed by atoms with van der Waals surface area (Å²) in [5, 5.41) is 19.4. The van der Waals surface area contributed by atoms with Gasteiger partial charge in [0.15, 0.2) is 6.29 Å². The number of aromatic nitrogens is 2. The number of aryl methyl sites for hydroxylation is 1. The van der Waals surface area contributed by atoms with E-state index in [1.165, 1.54) is 4.57 Å². The fraction of sp³-hybridized carbons (Fsp3) is 0.355. The fourth-order valence-electron chi connectivity index (χ4n) is 5.28. The van der Waals surface area contributed by atoms with E-state index in [1.54, 1.807) is 31.4 Å². The lowest BCUT2D eigenvalue weighted by Gasteiger charge is -2.43. The Labute approximate surface area is 245 Å². The standard InChI is InChI=1S/C31H36N8O3/c1-21(2)33-8-9-34-27-6-4-22(15-32)30(26(27)18-40)23-14-28(31(41)37(3)17-23)36-29-7-5-24(16-35-29)38-10-12-39(13-11-38)25-19-42-20-25/h4-7,14,16-18,25,33-34H,1,8-13,19-20H2,2-3H3,(H,35,36). The van der Waals surface area contributed by atoms with Crippen molar-refractivity contribution in [3.63, 3.8) is 0 Å². The van der Waals surface area contributed by atoms with Crippen LogP contribution in [0.15, 0.2) is 59.8 Å². The van der Waals surface area contributed by atoms with Crippen LogP contribution in [0.2, 0.25) is 0 Å². The van der Waals surface area contributed by atoms with E-state index >= 15 is 0 Å². The zero-order valence-electron chi connectivity index (χ0n) is 24.0. The third-order valence-electron chi connectivity index (χ3n) is 7.65. The number of ether oxygens (including phenoxy) is 1. The first-order valence-electron chi connectivity index (χ1n) is 14.0. The van der Waals surface area contributed by atoms with E-state index in [2.05, 4.69) is 43.4 Å². The lowest BCUT2D eigenvalue weighted by molar-refractivity contribution is -0.0660. The Bertz CT molecular complexity index is 1550. The summed E-state index contributed by atoms with van der Waals surface area (Å²) >= 11 is 0. The van der Waals surface area contributed by atoms with E-state index in [1.807, 2.05) is 25.3 Å². The molecule has 0 unspecified atom stereocenters. The van der Waals surface area contributed by atoms with Gasteiger partial charge in [0.25, 0.3) is 5.56 Å². The molecule has 2 fully saturated rings. The highest BCUT2D eigenvalue weighted by Crippen LogP contribution is 2.33. The van der Waals surface area contributed by atoms with Crippen molar-refractivity contribution in [2.24, 2.45) is 7.05 Å². The Kier molecular flexibility index (Phi) is 8.85. The molecule has 0 saturated carbocycles. The summed E-state index contributed by atoms with van der Waals surface area (Å²) < 4.78 is 6.77. The van der Waals surface area contributed by atoms with Crippen LogP contribution in [0.4, 0.5) is 22.9 Å². The molecule has 0 amide bonds. The Morgan fingerprint density at radius 3 is 2.57 bits per heavy atom. The third kappa shape index (κ3) is 6.30. The molecular formula is C31H36N8O3. The molecule has 0 bridgehead atoms. The molecule has 0 spiro atoms. The molecule has 11 heteroatoms. The Morgan fingerprint density at radius 1 is 1.17 bits per heavy atom. The molecule has 218 valence electrons. The summed E-state index contributed by atoms with van der Waals surface area (Å²) in [6.45, 7) is 12.3. The number of nitriles is 1. The summed E-state index contributed by atoms with van der Waals surface area (Å²) in [5.41, 5.74) is 4.21. The van der Waals surface area contributed by atoms with Crippen LogP contribution < -0.4 is 26.4 Å². The number of pyridine rings is 2. The average Bonchev–Trinajstić information content (AvgIpc) is 2.97. The predicted molar refractivity (Wildman–Crippen MR) is 164 cm³/mol. The number of nitrogens with zero attached hydrogens (tertiary/aromatic N) is 5. The Balaban J connectivity index is 1.36. The van der Waals surface area contributed by atoms with Crippen LogP contribution in [0.5, 0.6) is 0 Å². The first-order valence-corrected chi connectivity index (χ1v) is 14.0. The molecule has 3 aromatic rings.